The minimum absolute atomic E-state index is 0.0433. The number of nitrogens with zero attached hydrogens (tertiary/aromatic N) is 3. The van der Waals surface area contributed by atoms with Crippen LogP contribution >= 0.6 is 0 Å². The van der Waals surface area contributed by atoms with Crippen molar-refractivity contribution in [2.24, 2.45) is 0 Å². The fourth-order valence-electron chi connectivity index (χ4n) is 1.78. The number of ether oxygens (including phenoxy) is 3. The highest BCUT2D eigenvalue weighted by Crippen LogP contribution is 2.19. The van der Waals surface area contributed by atoms with Crippen LogP contribution in [0.5, 0.6) is 11.8 Å². The van der Waals surface area contributed by atoms with Gasteiger partial charge in [0.05, 0.1) is 18.3 Å². The van der Waals surface area contributed by atoms with Crippen molar-refractivity contribution in [2.45, 2.75) is 46.3 Å². The monoisotopic (exact) mass is 340 g/mol. The number of hydrogen-bond donors (Lipinski definition) is 1. The van der Waals surface area contributed by atoms with Crippen molar-refractivity contribution in [1.29, 1.82) is 0 Å². The van der Waals surface area contributed by atoms with E-state index in [2.05, 4.69) is 20.2 Å². The molecule has 7 nitrogen and oxygen atoms in total. The summed E-state index contributed by atoms with van der Waals surface area (Å²) in [6.45, 7) is 10.8. The van der Waals surface area contributed by atoms with Crippen LogP contribution in [-0.4, -0.2) is 67.5 Å². The van der Waals surface area contributed by atoms with Crippen LogP contribution in [0.1, 0.15) is 34.1 Å². The number of hydrogen-bond acceptors (Lipinski definition) is 7. The van der Waals surface area contributed by atoms with E-state index in [4.69, 9.17) is 14.2 Å². The van der Waals surface area contributed by atoms with Gasteiger partial charge in [-0.1, -0.05) is 0 Å². The highest BCUT2D eigenvalue weighted by atomic mass is 16.5. The number of nitrogens with one attached hydrogen (secondary N) is 1. The lowest BCUT2D eigenvalue weighted by molar-refractivity contribution is 0.0787. The summed E-state index contributed by atoms with van der Waals surface area (Å²) in [6, 6.07) is 1.72. The Labute approximate surface area is 145 Å². The fraction of sp³-hybridized carbons (Fsp3) is 0.765. The van der Waals surface area contributed by atoms with Crippen molar-refractivity contribution in [3.8, 4) is 11.8 Å². The summed E-state index contributed by atoms with van der Waals surface area (Å²) < 4.78 is 16.9. The van der Waals surface area contributed by atoms with E-state index in [0.717, 1.165) is 19.5 Å². The van der Waals surface area contributed by atoms with Gasteiger partial charge >= 0.3 is 0 Å². The maximum atomic E-state index is 5.70. The van der Waals surface area contributed by atoms with Crippen molar-refractivity contribution in [1.82, 2.24) is 14.9 Å². The molecule has 0 saturated carbocycles. The molecule has 0 aliphatic carbocycles. The normalized spacial score (nSPS) is 11.4. The molecule has 24 heavy (non-hydrogen) atoms. The smallest absolute Gasteiger partial charge is 0.229 e. The van der Waals surface area contributed by atoms with E-state index in [-0.39, 0.29) is 12.2 Å². The Kier molecular flexibility index (Phi) is 9.41. The fourth-order valence-corrected chi connectivity index (χ4v) is 1.78. The Morgan fingerprint density at radius 3 is 2.38 bits per heavy atom. The Morgan fingerprint density at radius 2 is 1.75 bits per heavy atom. The van der Waals surface area contributed by atoms with E-state index in [1.54, 1.807) is 6.07 Å². The zero-order valence-corrected chi connectivity index (χ0v) is 15.8. The van der Waals surface area contributed by atoms with E-state index >= 15 is 0 Å². The van der Waals surface area contributed by atoms with Gasteiger partial charge in [-0.25, -0.2) is 0 Å². The molecule has 0 aliphatic rings. The third-order valence-electron chi connectivity index (χ3n) is 2.88. The first-order valence-corrected chi connectivity index (χ1v) is 8.55. The molecule has 0 spiro atoms. The van der Waals surface area contributed by atoms with Crippen LogP contribution in [0.2, 0.25) is 0 Å². The molecule has 0 atom stereocenters. The van der Waals surface area contributed by atoms with Gasteiger partial charge in [0, 0.05) is 19.7 Å². The van der Waals surface area contributed by atoms with Crippen molar-refractivity contribution in [3.05, 3.63) is 6.07 Å². The van der Waals surface area contributed by atoms with Crippen molar-refractivity contribution in [2.75, 3.05) is 45.7 Å². The molecule has 1 N–H and O–H groups in total. The van der Waals surface area contributed by atoms with Gasteiger partial charge < -0.3 is 24.4 Å². The summed E-state index contributed by atoms with van der Waals surface area (Å²) in [4.78, 5) is 10.8. The van der Waals surface area contributed by atoms with Gasteiger partial charge in [0.2, 0.25) is 17.7 Å². The standard InChI is InChI=1S/C17H32N4O3/c1-13(2)22-10-7-8-18-17-19-15(23-11-9-21(5)6)12-16(20-17)24-14(3)4/h12-14H,7-11H2,1-6H3,(H,18,19,20). The predicted octanol–water partition coefficient (Wildman–Crippen LogP) is 2.43. The first-order valence-electron chi connectivity index (χ1n) is 8.55. The van der Waals surface area contributed by atoms with Gasteiger partial charge in [0.25, 0.3) is 0 Å². The Morgan fingerprint density at radius 1 is 1.04 bits per heavy atom. The second-order valence-corrected chi connectivity index (χ2v) is 6.39. The number of rotatable bonds is 12. The lowest BCUT2D eigenvalue weighted by Crippen LogP contribution is -2.20. The van der Waals surface area contributed by atoms with Crippen LogP contribution in [0.15, 0.2) is 6.07 Å². The summed E-state index contributed by atoms with van der Waals surface area (Å²) in [6.07, 6.45) is 1.18. The molecule has 138 valence electrons. The molecule has 0 radical (unpaired) electrons. The number of aromatic nitrogens is 2. The van der Waals surface area contributed by atoms with Crippen molar-refractivity contribution >= 4 is 5.95 Å². The summed E-state index contributed by atoms with van der Waals surface area (Å²) >= 11 is 0. The maximum absolute atomic E-state index is 5.70. The third kappa shape index (κ3) is 9.52. The first-order chi connectivity index (χ1) is 11.4. The molecule has 0 fully saturated rings. The molecule has 0 aliphatic heterocycles. The molecule has 0 saturated heterocycles. The molecule has 0 unspecified atom stereocenters. The minimum Gasteiger partial charge on any atom is -0.476 e. The third-order valence-corrected chi connectivity index (χ3v) is 2.88. The molecule has 1 rings (SSSR count). The van der Waals surface area contributed by atoms with Gasteiger partial charge in [-0.3, -0.25) is 0 Å². The van der Waals surface area contributed by atoms with Gasteiger partial charge in [-0.2, -0.15) is 9.97 Å². The second kappa shape index (κ2) is 11.0. The molecular weight excluding hydrogens is 308 g/mol. The van der Waals surface area contributed by atoms with Crippen LogP contribution in [0, 0.1) is 0 Å². The Balaban J connectivity index is 2.60. The number of likely N-dealkylation sites (N-methyl/N-ethyl adjacent to an activating group) is 1. The van der Waals surface area contributed by atoms with Crippen LogP contribution in [0.3, 0.4) is 0 Å². The Bertz CT molecular complexity index is 467. The van der Waals surface area contributed by atoms with Crippen LogP contribution in [0.4, 0.5) is 5.95 Å². The summed E-state index contributed by atoms with van der Waals surface area (Å²) in [7, 11) is 4.01. The maximum Gasteiger partial charge on any atom is 0.229 e. The zero-order valence-electron chi connectivity index (χ0n) is 15.8. The van der Waals surface area contributed by atoms with E-state index in [1.807, 2.05) is 41.8 Å². The molecule has 0 bridgehead atoms. The zero-order chi connectivity index (χ0) is 17.9. The topological polar surface area (TPSA) is 68.7 Å². The van der Waals surface area contributed by atoms with E-state index in [9.17, 15) is 0 Å². The van der Waals surface area contributed by atoms with Crippen LogP contribution < -0.4 is 14.8 Å². The summed E-state index contributed by atoms with van der Waals surface area (Å²) in [5.74, 6) is 1.54. The van der Waals surface area contributed by atoms with Gasteiger partial charge in [0.15, 0.2) is 0 Å². The van der Waals surface area contributed by atoms with Gasteiger partial charge in [0.1, 0.15) is 6.61 Å². The van der Waals surface area contributed by atoms with Crippen molar-refractivity contribution in [3.63, 3.8) is 0 Å². The minimum atomic E-state index is 0.0433. The molecule has 0 aromatic carbocycles. The average Bonchev–Trinajstić information content (AvgIpc) is 2.45. The molecule has 1 heterocycles. The predicted molar refractivity (Wildman–Crippen MR) is 96.0 cm³/mol. The number of anilines is 1. The molecule has 1 aromatic heterocycles. The lowest BCUT2D eigenvalue weighted by Gasteiger charge is -2.14. The second-order valence-electron chi connectivity index (χ2n) is 6.39. The van der Waals surface area contributed by atoms with Gasteiger partial charge in [-0.15, -0.1) is 0 Å². The average molecular weight is 340 g/mol. The van der Waals surface area contributed by atoms with E-state index in [0.29, 0.717) is 30.9 Å². The largest absolute Gasteiger partial charge is 0.476 e. The molecule has 7 heteroatoms. The van der Waals surface area contributed by atoms with Crippen LogP contribution in [0.25, 0.3) is 0 Å². The van der Waals surface area contributed by atoms with Crippen molar-refractivity contribution < 1.29 is 14.2 Å². The summed E-state index contributed by atoms with van der Waals surface area (Å²) in [5.41, 5.74) is 0. The molecule has 0 amide bonds. The van der Waals surface area contributed by atoms with Gasteiger partial charge in [-0.05, 0) is 48.2 Å². The highest BCUT2D eigenvalue weighted by molar-refractivity contribution is 5.33. The van der Waals surface area contributed by atoms with E-state index < -0.39 is 0 Å². The Hall–Kier alpha value is -1.60. The molecule has 1 aromatic rings. The van der Waals surface area contributed by atoms with Crippen LogP contribution in [-0.2, 0) is 4.74 Å². The summed E-state index contributed by atoms with van der Waals surface area (Å²) in [5, 5.41) is 3.20. The molecular formula is C17H32N4O3. The highest BCUT2D eigenvalue weighted by Gasteiger charge is 2.08. The SMILES string of the molecule is CC(C)OCCCNc1nc(OCCN(C)C)cc(OC(C)C)n1. The van der Waals surface area contributed by atoms with E-state index in [1.165, 1.54) is 0 Å². The lowest BCUT2D eigenvalue weighted by atomic mass is 10.4. The quantitative estimate of drug-likeness (QED) is 0.586. The first kappa shape index (κ1) is 20.4.